The van der Waals surface area contributed by atoms with Crippen molar-refractivity contribution in [3.63, 3.8) is 0 Å². The average Bonchev–Trinajstić information content (AvgIpc) is 2.39. The van der Waals surface area contributed by atoms with Crippen molar-refractivity contribution in [2.24, 2.45) is 0 Å². The van der Waals surface area contributed by atoms with Crippen molar-refractivity contribution in [1.29, 1.82) is 0 Å². The van der Waals surface area contributed by atoms with Gasteiger partial charge < -0.3 is 0 Å². The molecular formula is C14H10F2S2. The Balaban J connectivity index is 2.40. The highest BCUT2D eigenvalue weighted by Crippen LogP contribution is 2.31. The lowest BCUT2D eigenvalue weighted by atomic mass is 10.1. The van der Waals surface area contributed by atoms with E-state index < -0.39 is 0 Å². The van der Waals surface area contributed by atoms with Gasteiger partial charge in [0.2, 0.25) is 0 Å². The smallest absolute Gasteiger partial charge is 0.123 e. The van der Waals surface area contributed by atoms with Crippen molar-refractivity contribution in [2.75, 3.05) is 0 Å². The normalized spacial score (nSPS) is 12.2. The number of halogens is 2. The Hall–Kier alpha value is -1.26. The number of thiol groups is 2. The predicted molar refractivity (Wildman–Crippen MR) is 77.6 cm³/mol. The van der Waals surface area contributed by atoms with Crippen LogP contribution >= 0.6 is 25.3 Å². The van der Waals surface area contributed by atoms with Crippen LogP contribution in [0.3, 0.4) is 0 Å². The summed E-state index contributed by atoms with van der Waals surface area (Å²) >= 11 is 8.75. The summed E-state index contributed by atoms with van der Waals surface area (Å²) in [7, 11) is 0. The third kappa shape index (κ3) is 2.94. The number of hydrogen-bond acceptors (Lipinski definition) is 2. The Morgan fingerprint density at radius 2 is 0.889 bits per heavy atom. The van der Waals surface area contributed by atoms with Gasteiger partial charge in [-0.15, -0.1) is 25.3 Å². The quantitative estimate of drug-likeness (QED) is 0.580. The second kappa shape index (κ2) is 5.59. The molecule has 0 fully saturated rings. The first-order chi connectivity index (χ1) is 8.58. The van der Waals surface area contributed by atoms with Gasteiger partial charge >= 0.3 is 0 Å². The lowest BCUT2D eigenvalue weighted by Gasteiger charge is -2.07. The van der Waals surface area contributed by atoms with Crippen LogP contribution in [0, 0.1) is 11.6 Å². The third-order valence-corrected chi connectivity index (χ3v) is 3.60. The molecule has 0 N–H and O–H groups in total. The second-order valence-corrected chi connectivity index (χ2v) is 4.61. The first-order valence-electron chi connectivity index (χ1n) is 5.22. The Morgan fingerprint density at radius 3 is 1.17 bits per heavy atom. The zero-order valence-corrected chi connectivity index (χ0v) is 11.1. The molecule has 0 aliphatic heterocycles. The summed E-state index contributed by atoms with van der Waals surface area (Å²) < 4.78 is 25.6. The molecule has 92 valence electrons. The zero-order chi connectivity index (χ0) is 13.1. The van der Waals surface area contributed by atoms with Gasteiger partial charge in [-0.2, -0.15) is 0 Å². The van der Waals surface area contributed by atoms with Gasteiger partial charge in [0, 0.05) is 9.81 Å². The van der Waals surface area contributed by atoms with Gasteiger partial charge in [0.25, 0.3) is 0 Å². The summed E-state index contributed by atoms with van der Waals surface area (Å²) in [5.74, 6) is -0.607. The molecule has 0 atom stereocenters. The molecule has 0 saturated heterocycles. The first-order valence-corrected chi connectivity index (χ1v) is 6.11. The Morgan fingerprint density at radius 1 is 0.611 bits per heavy atom. The molecule has 2 aromatic rings. The highest BCUT2D eigenvalue weighted by atomic mass is 32.1. The Labute approximate surface area is 115 Å². The van der Waals surface area contributed by atoms with Crippen LogP contribution in [-0.2, 0) is 0 Å². The van der Waals surface area contributed by atoms with Gasteiger partial charge in [0.15, 0.2) is 0 Å². The highest BCUT2D eigenvalue weighted by Gasteiger charge is 2.05. The van der Waals surface area contributed by atoms with E-state index in [-0.39, 0.29) is 11.6 Å². The summed E-state index contributed by atoms with van der Waals surface area (Å²) in [5, 5.41) is 0. The fourth-order valence-corrected chi connectivity index (χ4v) is 2.05. The molecule has 0 spiro atoms. The van der Waals surface area contributed by atoms with Crippen molar-refractivity contribution in [3.05, 3.63) is 71.3 Å². The molecule has 0 heterocycles. The maximum absolute atomic E-state index is 12.8. The van der Waals surface area contributed by atoms with E-state index in [0.29, 0.717) is 9.81 Å². The van der Waals surface area contributed by atoms with Gasteiger partial charge in [-0.1, -0.05) is 24.3 Å². The average molecular weight is 280 g/mol. The van der Waals surface area contributed by atoms with Crippen molar-refractivity contribution in [3.8, 4) is 0 Å². The maximum atomic E-state index is 12.8. The maximum Gasteiger partial charge on any atom is 0.123 e. The van der Waals surface area contributed by atoms with Crippen molar-refractivity contribution < 1.29 is 8.78 Å². The monoisotopic (exact) mass is 280 g/mol. The van der Waals surface area contributed by atoms with E-state index in [1.165, 1.54) is 24.3 Å². The van der Waals surface area contributed by atoms with Crippen molar-refractivity contribution >= 4 is 35.1 Å². The number of benzene rings is 2. The van der Waals surface area contributed by atoms with Crippen LogP contribution in [0.4, 0.5) is 8.78 Å². The molecule has 0 unspecified atom stereocenters. The van der Waals surface area contributed by atoms with Crippen molar-refractivity contribution in [1.82, 2.24) is 0 Å². The lowest BCUT2D eigenvalue weighted by Crippen LogP contribution is -1.84. The molecule has 0 nitrogen and oxygen atoms in total. The van der Waals surface area contributed by atoms with Crippen molar-refractivity contribution in [2.45, 2.75) is 0 Å². The van der Waals surface area contributed by atoms with Crippen LogP contribution in [-0.4, -0.2) is 0 Å². The van der Waals surface area contributed by atoms with E-state index in [9.17, 15) is 8.78 Å². The van der Waals surface area contributed by atoms with Crippen LogP contribution in [0.1, 0.15) is 11.1 Å². The summed E-state index contributed by atoms with van der Waals surface area (Å²) in [6.45, 7) is 0. The third-order valence-electron chi connectivity index (χ3n) is 2.46. The summed E-state index contributed by atoms with van der Waals surface area (Å²) in [6, 6.07) is 11.9. The molecule has 18 heavy (non-hydrogen) atoms. The fraction of sp³-hybridized carbons (Fsp3) is 0. The van der Waals surface area contributed by atoms with E-state index in [0.717, 1.165) is 11.1 Å². The van der Waals surface area contributed by atoms with Gasteiger partial charge in [-0.3, -0.25) is 0 Å². The Bertz CT molecular complexity index is 518. The van der Waals surface area contributed by atoms with Gasteiger partial charge in [0.1, 0.15) is 11.6 Å². The molecule has 2 rings (SSSR count). The zero-order valence-electron chi connectivity index (χ0n) is 9.27. The van der Waals surface area contributed by atoms with Gasteiger partial charge in [-0.05, 0) is 35.4 Å². The van der Waals surface area contributed by atoms with Crippen LogP contribution in [0.2, 0.25) is 0 Å². The van der Waals surface area contributed by atoms with Crippen LogP contribution < -0.4 is 0 Å². The molecular weight excluding hydrogens is 270 g/mol. The SMILES string of the molecule is Fc1ccc(/C(S)=C(\S)c2ccc(F)cc2)cc1. The van der Waals surface area contributed by atoms with Crippen LogP contribution in [0.25, 0.3) is 9.81 Å². The largest absolute Gasteiger partial charge is 0.207 e. The minimum Gasteiger partial charge on any atom is -0.207 e. The highest BCUT2D eigenvalue weighted by molar-refractivity contribution is 7.96. The fourth-order valence-electron chi connectivity index (χ4n) is 1.49. The van der Waals surface area contributed by atoms with Gasteiger partial charge in [-0.25, -0.2) is 8.78 Å². The molecule has 0 amide bonds. The van der Waals surface area contributed by atoms with E-state index in [4.69, 9.17) is 0 Å². The molecule has 0 radical (unpaired) electrons. The van der Waals surface area contributed by atoms with E-state index in [1.807, 2.05) is 0 Å². The topological polar surface area (TPSA) is 0 Å². The van der Waals surface area contributed by atoms with E-state index >= 15 is 0 Å². The molecule has 0 aliphatic rings. The summed E-state index contributed by atoms with van der Waals surface area (Å²) in [5.41, 5.74) is 1.52. The number of hydrogen-bond donors (Lipinski definition) is 2. The predicted octanol–water partition coefficient (Wildman–Crippen LogP) is 4.65. The lowest BCUT2D eigenvalue weighted by molar-refractivity contribution is 0.627. The molecule has 0 bridgehead atoms. The number of rotatable bonds is 2. The molecule has 2 aromatic carbocycles. The molecule has 0 aromatic heterocycles. The van der Waals surface area contributed by atoms with Crippen LogP contribution in [0.15, 0.2) is 48.5 Å². The first kappa shape index (κ1) is 13.2. The summed E-state index contributed by atoms with van der Waals surface area (Å²) in [6.07, 6.45) is 0. The molecule has 0 saturated carbocycles. The van der Waals surface area contributed by atoms with E-state index in [2.05, 4.69) is 25.3 Å². The molecule has 0 aliphatic carbocycles. The van der Waals surface area contributed by atoms with E-state index in [1.54, 1.807) is 24.3 Å². The second-order valence-electron chi connectivity index (χ2n) is 3.71. The van der Waals surface area contributed by atoms with Gasteiger partial charge in [0.05, 0.1) is 0 Å². The Kier molecular flexibility index (Phi) is 4.09. The molecule has 4 heteroatoms. The summed E-state index contributed by atoms with van der Waals surface area (Å²) in [4.78, 5) is 1.23. The minimum atomic E-state index is -0.303. The minimum absolute atomic E-state index is 0.303. The standard InChI is InChI=1S/C14H10F2S2/c15-11-5-1-9(2-6-11)13(17)14(18)10-3-7-12(16)8-4-10/h1-8,17-18H/b14-13+. The van der Waals surface area contributed by atoms with Crippen LogP contribution in [0.5, 0.6) is 0 Å².